The van der Waals surface area contributed by atoms with Crippen LogP contribution in [-0.2, 0) is 29.1 Å². The van der Waals surface area contributed by atoms with Crippen molar-refractivity contribution in [2.75, 3.05) is 31.6 Å². The van der Waals surface area contributed by atoms with Crippen LogP contribution in [0.25, 0.3) is 0 Å². The maximum absolute atomic E-state index is 12.6. The molecule has 3 rings (SSSR count). The molecule has 0 radical (unpaired) electrons. The summed E-state index contributed by atoms with van der Waals surface area (Å²) in [5.41, 5.74) is 0.430. The van der Waals surface area contributed by atoms with E-state index in [2.05, 4.69) is 5.32 Å². The van der Waals surface area contributed by atoms with Crippen molar-refractivity contribution in [2.45, 2.75) is 37.2 Å². The highest BCUT2D eigenvalue weighted by molar-refractivity contribution is 7.89. The molecule has 1 aromatic carbocycles. The molecular weight excluding hydrogens is 396 g/mol. The zero-order chi connectivity index (χ0) is 20.9. The summed E-state index contributed by atoms with van der Waals surface area (Å²) in [6, 6.07) is 5.94. The molecule has 1 aliphatic heterocycles. The summed E-state index contributed by atoms with van der Waals surface area (Å²) in [4.78, 5) is 24.6. The monoisotopic (exact) mass is 422 g/mol. The minimum Gasteiger partial charge on any atom is -0.452 e. The first kappa shape index (κ1) is 21.5. The zero-order valence-electron chi connectivity index (χ0n) is 16.4. The molecule has 1 N–H and O–H groups in total. The Morgan fingerprint density at radius 3 is 2.48 bits per heavy atom. The second kappa shape index (κ2) is 9.51. The standard InChI is InChI=1S/C20H26N2O6S/c1-15(28-20(24)16-5-3-2-4-6-16)19(23)21-17-7-9-18(10-8-17)29(25,26)22-11-13-27-14-12-22/h2-3,7-10,15-16H,4-6,11-14H2,1H3,(H,21,23)/t15-,16+/m0/s1. The van der Waals surface area contributed by atoms with Crippen LogP contribution in [0.1, 0.15) is 26.2 Å². The van der Waals surface area contributed by atoms with Gasteiger partial charge in [-0.25, -0.2) is 8.42 Å². The minimum atomic E-state index is -3.59. The number of sulfonamides is 1. The van der Waals surface area contributed by atoms with E-state index in [1.165, 1.54) is 35.5 Å². The lowest BCUT2D eigenvalue weighted by molar-refractivity contribution is -0.157. The van der Waals surface area contributed by atoms with Crippen molar-refractivity contribution in [2.24, 2.45) is 5.92 Å². The molecule has 1 aromatic rings. The lowest BCUT2D eigenvalue weighted by atomic mass is 9.95. The number of carbonyl (C=O) groups excluding carboxylic acids is 2. The van der Waals surface area contributed by atoms with Crippen molar-refractivity contribution in [3.63, 3.8) is 0 Å². The van der Waals surface area contributed by atoms with Gasteiger partial charge in [0.2, 0.25) is 10.0 Å². The van der Waals surface area contributed by atoms with E-state index in [0.29, 0.717) is 38.4 Å². The Kier molecular flexibility index (Phi) is 7.05. The van der Waals surface area contributed by atoms with Gasteiger partial charge in [0.05, 0.1) is 24.0 Å². The molecule has 1 aliphatic carbocycles. The van der Waals surface area contributed by atoms with Gasteiger partial charge in [-0.2, -0.15) is 4.31 Å². The van der Waals surface area contributed by atoms with Crippen LogP contribution in [-0.4, -0.2) is 57.0 Å². The quantitative estimate of drug-likeness (QED) is 0.555. The van der Waals surface area contributed by atoms with Crippen LogP contribution in [0.15, 0.2) is 41.3 Å². The van der Waals surface area contributed by atoms with Gasteiger partial charge in [-0.05, 0) is 50.5 Å². The number of hydrogen-bond acceptors (Lipinski definition) is 6. The van der Waals surface area contributed by atoms with Crippen LogP contribution >= 0.6 is 0 Å². The largest absolute Gasteiger partial charge is 0.452 e. The maximum atomic E-state index is 12.6. The number of ether oxygens (including phenoxy) is 2. The highest BCUT2D eigenvalue weighted by atomic mass is 32.2. The Morgan fingerprint density at radius 2 is 1.86 bits per heavy atom. The van der Waals surface area contributed by atoms with Gasteiger partial charge in [0, 0.05) is 18.8 Å². The number of nitrogens with zero attached hydrogens (tertiary/aromatic N) is 1. The summed E-state index contributed by atoms with van der Waals surface area (Å²) in [6.07, 6.45) is 5.23. The summed E-state index contributed by atoms with van der Waals surface area (Å²) < 4.78 is 37.1. The minimum absolute atomic E-state index is 0.155. The Morgan fingerprint density at radius 1 is 1.17 bits per heavy atom. The molecule has 0 spiro atoms. The lowest BCUT2D eigenvalue weighted by Gasteiger charge is -2.26. The summed E-state index contributed by atoms with van der Waals surface area (Å²) in [7, 11) is -3.59. The molecule has 1 saturated heterocycles. The van der Waals surface area contributed by atoms with Gasteiger partial charge in [-0.3, -0.25) is 9.59 Å². The summed E-state index contributed by atoms with van der Waals surface area (Å²) in [5, 5.41) is 2.65. The number of esters is 1. The lowest BCUT2D eigenvalue weighted by Crippen LogP contribution is -2.40. The number of amides is 1. The number of anilines is 1. The van der Waals surface area contributed by atoms with Crippen molar-refractivity contribution in [1.82, 2.24) is 4.31 Å². The number of benzene rings is 1. The van der Waals surface area contributed by atoms with Gasteiger partial charge in [0.1, 0.15) is 0 Å². The fraction of sp³-hybridized carbons (Fsp3) is 0.500. The van der Waals surface area contributed by atoms with Crippen LogP contribution in [0.4, 0.5) is 5.69 Å². The normalized spacial score (nSPS) is 21.3. The summed E-state index contributed by atoms with van der Waals surface area (Å²) >= 11 is 0. The third-order valence-corrected chi connectivity index (χ3v) is 6.91. The predicted molar refractivity (Wildman–Crippen MR) is 107 cm³/mol. The number of allylic oxidation sites excluding steroid dienone is 2. The number of hydrogen-bond donors (Lipinski definition) is 1. The van der Waals surface area contributed by atoms with Crippen molar-refractivity contribution >= 4 is 27.6 Å². The number of nitrogens with one attached hydrogen (secondary N) is 1. The first-order valence-corrected chi connectivity index (χ1v) is 11.2. The average Bonchev–Trinajstić information content (AvgIpc) is 2.75. The van der Waals surface area contributed by atoms with E-state index in [9.17, 15) is 18.0 Å². The predicted octanol–water partition coefficient (Wildman–Crippen LogP) is 1.93. The second-order valence-electron chi connectivity index (χ2n) is 7.09. The molecule has 8 nitrogen and oxygen atoms in total. The highest BCUT2D eigenvalue weighted by Gasteiger charge is 2.27. The van der Waals surface area contributed by atoms with E-state index >= 15 is 0 Å². The fourth-order valence-corrected chi connectivity index (χ4v) is 4.63. The smallest absolute Gasteiger partial charge is 0.310 e. The van der Waals surface area contributed by atoms with E-state index in [1.807, 2.05) is 12.2 Å². The van der Waals surface area contributed by atoms with Crippen molar-refractivity contribution in [3.8, 4) is 0 Å². The number of rotatable bonds is 6. The Hall–Kier alpha value is -2.23. The molecule has 0 saturated carbocycles. The Labute approximate surface area is 170 Å². The van der Waals surface area contributed by atoms with Gasteiger partial charge >= 0.3 is 5.97 Å². The molecule has 0 bridgehead atoms. The van der Waals surface area contributed by atoms with E-state index in [1.54, 1.807) is 0 Å². The highest BCUT2D eigenvalue weighted by Crippen LogP contribution is 2.21. The Bertz CT molecular complexity index is 859. The van der Waals surface area contributed by atoms with Gasteiger partial charge in [0.25, 0.3) is 5.91 Å². The van der Waals surface area contributed by atoms with Crippen LogP contribution < -0.4 is 5.32 Å². The Balaban J connectivity index is 1.56. The summed E-state index contributed by atoms with van der Waals surface area (Å²) in [5.74, 6) is -1.04. The molecule has 1 heterocycles. The van der Waals surface area contributed by atoms with Crippen LogP contribution in [0.2, 0.25) is 0 Å². The molecule has 1 amide bonds. The molecule has 1 fully saturated rings. The number of morpholine rings is 1. The summed E-state index contributed by atoms with van der Waals surface area (Å²) in [6.45, 7) is 2.91. The van der Waals surface area contributed by atoms with E-state index in [4.69, 9.17) is 9.47 Å². The van der Waals surface area contributed by atoms with E-state index in [-0.39, 0.29) is 16.8 Å². The van der Waals surface area contributed by atoms with Crippen LogP contribution in [0.5, 0.6) is 0 Å². The van der Waals surface area contributed by atoms with Crippen LogP contribution in [0, 0.1) is 5.92 Å². The number of carbonyl (C=O) groups is 2. The molecule has 0 aromatic heterocycles. The maximum Gasteiger partial charge on any atom is 0.310 e. The second-order valence-corrected chi connectivity index (χ2v) is 9.03. The third-order valence-electron chi connectivity index (χ3n) is 4.99. The molecule has 2 aliphatic rings. The molecular formula is C20H26N2O6S. The molecule has 29 heavy (non-hydrogen) atoms. The average molecular weight is 423 g/mol. The van der Waals surface area contributed by atoms with Crippen molar-refractivity contribution in [3.05, 3.63) is 36.4 Å². The SMILES string of the molecule is C[C@H](OC(=O)[C@@H]1CC=CCC1)C(=O)Nc1ccc(S(=O)(=O)N2CCOCC2)cc1. The third kappa shape index (κ3) is 5.43. The van der Waals surface area contributed by atoms with Crippen molar-refractivity contribution in [1.29, 1.82) is 0 Å². The van der Waals surface area contributed by atoms with E-state index in [0.717, 1.165) is 12.8 Å². The molecule has 0 unspecified atom stereocenters. The topological polar surface area (TPSA) is 102 Å². The van der Waals surface area contributed by atoms with E-state index < -0.39 is 22.0 Å². The first-order valence-electron chi connectivity index (χ1n) is 9.72. The zero-order valence-corrected chi connectivity index (χ0v) is 17.2. The van der Waals surface area contributed by atoms with Gasteiger partial charge in [-0.15, -0.1) is 0 Å². The van der Waals surface area contributed by atoms with Crippen LogP contribution in [0.3, 0.4) is 0 Å². The molecule has 2 atom stereocenters. The molecule has 9 heteroatoms. The van der Waals surface area contributed by atoms with Crippen molar-refractivity contribution < 1.29 is 27.5 Å². The van der Waals surface area contributed by atoms with Gasteiger partial charge < -0.3 is 14.8 Å². The van der Waals surface area contributed by atoms with Gasteiger partial charge in [-0.1, -0.05) is 12.2 Å². The molecule has 158 valence electrons. The van der Waals surface area contributed by atoms with Gasteiger partial charge in [0.15, 0.2) is 6.10 Å². The first-order chi connectivity index (χ1) is 13.9. The fourth-order valence-electron chi connectivity index (χ4n) is 3.22.